The van der Waals surface area contributed by atoms with E-state index < -0.39 is 0 Å². The molecule has 1 aromatic carbocycles. The molecule has 0 spiro atoms. The Morgan fingerprint density at radius 2 is 2.18 bits per heavy atom. The van der Waals surface area contributed by atoms with Crippen molar-refractivity contribution in [2.24, 2.45) is 0 Å². The fourth-order valence-corrected chi connectivity index (χ4v) is 1.25. The van der Waals surface area contributed by atoms with E-state index in [1.807, 2.05) is 24.5 Å². The summed E-state index contributed by atoms with van der Waals surface area (Å²) in [6.45, 7) is 0. The maximum atomic E-state index is 5.61. The van der Waals surface area contributed by atoms with Crippen molar-refractivity contribution in [1.82, 2.24) is 0 Å². The van der Waals surface area contributed by atoms with Crippen LogP contribution >= 0.6 is 24.4 Å². The van der Waals surface area contributed by atoms with Gasteiger partial charge in [0.15, 0.2) is 0 Å². The summed E-state index contributed by atoms with van der Waals surface area (Å²) >= 11 is 5.83. The number of nitrogen functional groups attached to an aromatic ring is 1. The Hall–Kier alpha value is 0.720. The number of thioether (sulfide) groups is 1. The maximum absolute atomic E-state index is 5.61. The fraction of sp³-hybridized carbons (Fsp3) is 0.143. The molecule has 1 rings (SSSR count). The monoisotopic (exact) mass is 195 g/mol. The number of hydrogen-bond donors (Lipinski definition) is 2. The second kappa shape index (κ2) is 5.38. The van der Waals surface area contributed by atoms with E-state index in [0.29, 0.717) is 0 Å². The summed E-state index contributed by atoms with van der Waals surface area (Å²) in [6, 6.07) is 5.83. The van der Waals surface area contributed by atoms with Crippen LogP contribution in [0.2, 0.25) is 0 Å². The average molecular weight is 195 g/mol. The van der Waals surface area contributed by atoms with E-state index in [1.54, 1.807) is 11.8 Å². The smallest absolute Gasteiger partial charge is 1.00 e. The van der Waals surface area contributed by atoms with Crippen LogP contribution in [0.1, 0.15) is 1.43 Å². The molecule has 0 aromatic heterocycles. The molecule has 2 N–H and O–H groups in total. The van der Waals surface area contributed by atoms with Gasteiger partial charge in [-0.3, -0.25) is 0 Å². The van der Waals surface area contributed by atoms with Crippen molar-refractivity contribution in [3.8, 4) is 0 Å². The molecule has 0 fully saturated rings. The number of nitrogens with two attached hydrogens (primary N) is 1. The van der Waals surface area contributed by atoms with Crippen molar-refractivity contribution in [3.05, 3.63) is 18.2 Å². The van der Waals surface area contributed by atoms with E-state index in [9.17, 15) is 0 Å². The average Bonchev–Trinajstić information content (AvgIpc) is 1.95. The van der Waals surface area contributed by atoms with Gasteiger partial charge in [-0.15, -0.1) is 24.4 Å². The zero-order valence-corrected chi connectivity index (χ0v) is 10.4. The van der Waals surface area contributed by atoms with Crippen LogP contribution in [-0.4, -0.2) is 6.26 Å². The van der Waals surface area contributed by atoms with E-state index >= 15 is 0 Å². The minimum Gasteiger partial charge on any atom is -1.00 e. The summed E-state index contributed by atoms with van der Waals surface area (Å²) in [6.07, 6.45) is 2.02. The molecule has 0 saturated carbocycles. The van der Waals surface area contributed by atoms with Gasteiger partial charge >= 0.3 is 29.6 Å². The zero-order valence-electron chi connectivity index (χ0n) is 7.66. The van der Waals surface area contributed by atoms with Gasteiger partial charge in [0, 0.05) is 15.5 Å². The van der Waals surface area contributed by atoms with Crippen LogP contribution in [0.5, 0.6) is 0 Å². The Balaban J connectivity index is 0. The molecule has 0 aliphatic rings. The van der Waals surface area contributed by atoms with Crippen LogP contribution in [0.25, 0.3) is 0 Å². The SMILES string of the molecule is CSc1ccc(S)c(N)c1.[H-].[Na+]. The standard InChI is InChI=1S/C7H9NS2.Na.H/c1-10-5-2-3-7(9)6(8)4-5;;/h2-4,9H,8H2,1H3;;/q;+1;-1. The van der Waals surface area contributed by atoms with Crippen molar-refractivity contribution in [3.63, 3.8) is 0 Å². The molecule has 1 aromatic rings. The van der Waals surface area contributed by atoms with Crippen LogP contribution in [-0.2, 0) is 0 Å². The van der Waals surface area contributed by atoms with E-state index in [4.69, 9.17) is 5.73 Å². The van der Waals surface area contributed by atoms with E-state index in [1.165, 1.54) is 4.90 Å². The third-order valence-corrected chi connectivity index (χ3v) is 2.37. The van der Waals surface area contributed by atoms with Crippen molar-refractivity contribution < 1.29 is 31.0 Å². The first-order valence-corrected chi connectivity index (χ1v) is 4.53. The summed E-state index contributed by atoms with van der Waals surface area (Å²) in [4.78, 5) is 2.02. The summed E-state index contributed by atoms with van der Waals surface area (Å²) in [5.41, 5.74) is 6.35. The zero-order chi connectivity index (χ0) is 7.56. The third-order valence-electron chi connectivity index (χ3n) is 1.23. The molecule has 0 saturated heterocycles. The Kier molecular flexibility index (Phi) is 5.73. The van der Waals surface area contributed by atoms with Gasteiger partial charge in [0.1, 0.15) is 0 Å². The Bertz CT molecular complexity index is 245. The van der Waals surface area contributed by atoms with Gasteiger partial charge in [-0.1, -0.05) is 0 Å². The first kappa shape index (κ1) is 11.7. The Labute approximate surface area is 100 Å². The molecule has 0 bridgehead atoms. The normalized spacial score (nSPS) is 8.91. The molecule has 0 heterocycles. The molecule has 4 heteroatoms. The van der Waals surface area contributed by atoms with E-state index in [0.717, 1.165) is 10.6 Å². The quantitative estimate of drug-likeness (QED) is 0.271. The summed E-state index contributed by atoms with van der Waals surface area (Å²) < 4.78 is 0. The molecule has 0 aliphatic heterocycles. The minimum atomic E-state index is 0. The number of thiol groups is 1. The topological polar surface area (TPSA) is 26.0 Å². The van der Waals surface area contributed by atoms with Gasteiger partial charge in [0.2, 0.25) is 0 Å². The van der Waals surface area contributed by atoms with Crippen LogP contribution in [0, 0.1) is 0 Å². The van der Waals surface area contributed by atoms with Crippen molar-refractivity contribution >= 4 is 30.1 Å². The second-order valence-electron chi connectivity index (χ2n) is 1.92. The predicted molar refractivity (Wildman–Crippen MR) is 51.0 cm³/mol. The second-order valence-corrected chi connectivity index (χ2v) is 3.29. The van der Waals surface area contributed by atoms with Gasteiger partial charge in [0.05, 0.1) is 0 Å². The van der Waals surface area contributed by atoms with Gasteiger partial charge in [-0.2, -0.15) is 0 Å². The van der Waals surface area contributed by atoms with Gasteiger partial charge in [0.25, 0.3) is 0 Å². The van der Waals surface area contributed by atoms with Crippen LogP contribution in [0.15, 0.2) is 28.0 Å². The van der Waals surface area contributed by atoms with Crippen molar-refractivity contribution in [2.75, 3.05) is 12.0 Å². The number of hydrogen-bond acceptors (Lipinski definition) is 3. The third kappa shape index (κ3) is 3.30. The van der Waals surface area contributed by atoms with Crippen LogP contribution in [0.4, 0.5) is 5.69 Å². The molecule has 0 atom stereocenters. The molecule has 11 heavy (non-hydrogen) atoms. The Morgan fingerprint density at radius 3 is 2.64 bits per heavy atom. The minimum absolute atomic E-state index is 0. The molecular formula is C7H10NNaS2. The van der Waals surface area contributed by atoms with Gasteiger partial charge < -0.3 is 7.16 Å². The van der Waals surface area contributed by atoms with Crippen molar-refractivity contribution in [1.29, 1.82) is 0 Å². The first-order chi connectivity index (χ1) is 4.74. The molecule has 0 amide bonds. The molecule has 56 valence electrons. The maximum Gasteiger partial charge on any atom is 1.00 e. The van der Waals surface area contributed by atoms with Crippen LogP contribution < -0.4 is 35.3 Å². The molecule has 0 unspecified atom stereocenters. The first-order valence-electron chi connectivity index (χ1n) is 2.86. The Morgan fingerprint density at radius 1 is 1.55 bits per heavy atom. The summed E-state index contributed by atoms with van der Waals surface area (Å²) in [7, 11) is 0. The van der Waals surface area contributed by atoms with Crippen molar-refractivity contribution in [2.45, 2.75) is 9.79 Å². The molecule has 1 nitrogen and oxygen atoms in total. The van der Waals surface area contributed by atoms with Gasteiger partial charge in [-0.05, 0) is 24.5 Å². The summed E-state index contributed by atoms with van der Waals surface area (Å²) in [5, 5.41) is 0. The summed E-state index contributed by atoms with van der Waals surface area (Å²) in [5.74, 6) is 0. The fourth-order valence-electron chi connectivity index (χ4n) is 0.660. The number of rotatable bonds is 1. The molecular weight excluding hydrogens is 185 g/mol. The number of anilines is 1. The molecule has 0 radical (unpaired) electrons. The molecule has 0 aliphatic carbocycles. The van der Waals surface area contributed by atoms with E-state index in [2.05, 4.69) is 12.6 Å². The van der Waals surface area contributed by atoms with E-state index in [-0.39, 0.29) is 31.0 Å². The van der Waals surface area contributed by atoms with Gasteiger partial charge in [-0.25, -0.2) is 0 Å². The number of benzene rings is 1. The predicted octanol–water partition coefficient (Wildman–Crippen LogP) is -0.604. The van der Waals surface area contributed by atoms with Crippen LogP contribution in [0.3, 0.4) is 0 Å². The largest absolute Gasteiger partial charge is 1.00 e.